The van der Waals surface area contributed by atoms with Crippen LogP contribution >= 0.6 is 0 Å². The third-order valence-electron chi connectivity index (χ3n) is 4.38. The van der Waals surface area contributed by atoms with E-state index in [1.165, 1.54) is 10.5 Å². The van der Waals surface area contributed by atoms with E-state index < -0.39 is 10.0 Å². The molecule has 2 N–H and O–H groups in total. The fourth-order valence-corrected chi connectivity index (χ4v) is 4.46. The highest BCUT2D eigenvalue weighted by molar-refractivity contribution is 7.89. The number of aryl methyl sites for hydroxylation is 2. The van der Waals surface area contributed by atoms with Gasteiger partial charge in [0, 0.05) is 37.1 Å². The Morgan fingerprint density at radius 1 is 1.24 bits per heavy atom. The molecular formula is C17H22N4O3S. The van der Waals surface area contributed by atoms with Gasteiger partial charge >= 0.3 is 0 Å². The molecule has 25 heavy (non-hydrogen) atoms. The van der Waals surface area contributed by atoms with E-state index in [9.17, 15) is 13.2 Å². The number of rotatable bonds is 5. The van der Waals surface area contributed by atoms with Crippen molar-refractivity contribution in [2.24, 2.45) is 0 Å². The minimum atomic E-state index is -3.45. The molecule has 7 nitrogen and oxygen atoms in total. The molecule has 134 valence electrons. The van der Waals surface area contributed by atoms with E-state index in [4.69, 9.17) is 0 Å². The van der Waals surface area contributed by atoms with E-state index in [2.05, 4.69) is 15.3 Å². The predicted molar refractivity (Wildman–Crippen MR) is 96.1 cm³/mol. The zero-order chi connectivity index (χ0) is 18.0. The van der Waals surface area contributed by atoms with E-state index in [1.54, 1.807) is 12.1 Å². The van der Waals surface area contributed by atoms with E-state index in [-0.39, 0.29) is 10.5 Å². The van der Waals surface area contributed by atoms with Gasteiger partial charge in [0.2, 0.25) is 10.0 Å². The van der Waals surface area contributed by atoms with Gasteiger partial charge in [-0.05, 0) is 50.5 Å². The van der Waals surface area contributed by atoms with E-state index in [0.717, 1.165) is 24.1 Å². The molecule has 0 unspecified atom stereocenters. The molecule has 0 radical (unpaired) electrons. The number of aromatic amines is 1. The van der Waals surface area contributed by atoms with Crippen LogP contribution in [-0.4, -0.2) is 35.8 Å². The highest BCUT2D eigenvalue weighted by Gasteiger charge is 2.27. The van der Waals surface area contributed by atoms with Crippen LogP contribution in [0.1, 0.15) is 29.7 Å². The predicted octanol–water partition coefficient (Wildman–Crippen LogP) is 1.78. The van der Waals surface area contributed by atoms with E-state index in [1.807, 2.05) is 19.9 Å². The number of pyridine rings is 2. The van der Waals surface area contributed by atoms with Gasteiger partial charge in [-0.25, -0.2) is 13.4 Å². The molecule has 0 amide bonds. The van der Waals surface area contributed by atoms with Crippen LogP contribution in [0.3, 0.4) is 0 Å². The first-order valence-corrected chi connectivity index (χ1v) is 9.71. The number of aromatic nitrogens is 2. The Labute approximate surface area is 147 Å². The van der Waals surface area contributed by atoms with Crippen molar-refractivity contribution in [3.8, 4) is 0 Å². The van der Waals surface area contributed by atoms with Gasteiger partial charge in [0.1, 0.15) is 10.7 Å². The largest absolute Gasteiger partial charge is 0.366 e. The molecule has 0 aliphatic carbocycles. The van der Waals surface area contributed by atoms with Crippen LogP contribution in [0.5, 0.6) is 0 Å². The van der Waals surface area contributed by atoms with Gasteiger partial charge in [-0.2, -0.15) is 4.31 Å². The van der Waals surface area contributed by atoms with Crippen molar-refractivity contribution in [2.45, 2.75) is 38.1 Å². The fourth-order valence-electron chi connectivity index (χ4n) is 3.00. The lowest BCUT2D eigenvalue weighted by molar-refractivity contribution is 0.477. The maximum atomic E-state index is 12.5. The van der Waals surface area contributed by atoms with Crippen LogP contribution in [-0.2, 0) is 16.6 Å². The van der Waals surface area contributed by atoms with Crippen LogP contribution in [0.15, 0.2) is 34.1 Å². The minimum Gasteiger partial charge on any atom is -0.366 e. The van der Waals surface area contributed by atoms with Crippen molar-refractivity contribution in [3.05, 3.63) is 51.6 Å². The molecule has 0 saturated carbocycles. The molecule has 0 atom stereocenters. The molecule has 1 aliphatic rings. The second-order valence-electron chi connectivity index (χ2n) is 6.29. The Balaban J connectivity index is 1.72. The first kappa shape index (κ1) is 17.6. The molecule has 0 spiro atoms. The molecular weight excluding hydrogens is 340 g/mol. The zero-order valence-electron chi connectivity index (χ0n) is 14.4. The number of hydrogen-bond acceptors (Lipinski definition) is 5. The quantitative estimate of drug-likeness (QED) is 0.845. The molecule has 3 heterocycles. The molecule has 3 rings (SSSR count). The third-order valence-corrected chi connectivity index (χ3v) is 6.26. The summed E-state index contributed by atoms with van der Waals surface area (Å²) in [6.07, 6.45) is 3.16. The molecule has 2 aromatic heterocycles. The minimum absolute atomic E-state index is 0.127. The van der Waals surface area contributed by atoms with Crippen LogP contribution < -0.4 is 10.9 Å². The summed E-state index contributed by atoms with van der Waals surface area (Å²) in [5.41, 5.74) is 2.24. The van der Waals surface area contributed by atoms with Gasteiger partial charge < -0.3 is 10.3 Å². The Bertz CT molecular complexity index is 914. The lowest BCUT2D eigenvalue weighted by Crippen LogP contribution is -2.27. The average molecular weight is 362 g/mol. The van der Waals surface area contributed by atoms with E-state index in [0.29, 0.717) is 31.0 Å². The Kier molecular flexibility index (Phi) is 4.91. The van der Waals surface area contributed by atoms with Crippen molar-refractivity contribution < 1.29 is 8.42 Å². The van der Waals surface area contributed by atoms with Gasteiger partial charge in [-0.15, -0.1) is 0 Å². The number of H-pyrrole nitrogens is 1. The first-order chi connectivity index (χ1) is 11.9. The topological polar surface area (TPSA) is 95.2 Å². The molecule has 2 aromatic rings. The van der Waals surface area contributed by atoms with Crippen molar-refractivity contribution >= 4 is 15.8 Å². The monoisotopic (exact) mass is 362 g/mol. The second-order valence-corrected chi connectivity index (χ2v) is 8.22. The van der Waals surface area contributed by atoms with Crippen molar-refractivity contribution in [1.82, 2.24) is 14.3 Å². The molecule has 8 heteroatoms. The van der Waals surface area contributed by atoms with Crippen LogP contribution in [0, 0.1) is 13.8 Å². The standard InChI is InChI=1S/C17H22N4O3S/c1-12-9-13(2)20-17(22)15(12)11-19-16-6-5-14(10-18-16)25(23,24)21-7-3-4-8-21/h5-6,9-10H,3-4,7-8,11H2,1-2H3,(H,18,19)(H,20,22). The summed E-state index contributed by atoms with van der Waals surface area (Å²) in [4.78, 5) is 19.2. The Morgan fingerprint density at radius 3 is 2.56 bits per heavy atom. The molecule has 1 fully saturated rings. The lowest BCUT2D eigenvalue weighted by atomic mass is 10.1. The SMILES string of the molecule is Cc1cc(C)c(CNc2ccc(S(=O)(=O)N3CCCC3)cn2)c(=O)[nH]1. The van der Waals surface area contributed by atoms with Gasteiger partial charge in [0.25, 0.3) is 5.56 Å². The molecule has 1 saturated heterocycles. The maximum absolute atomic E-state index is 12.5. The third kappa shape index (κ3) is 3.74. The lowest BCUT2D eigenvalue weighted by Gasteiger charge is -2.15. The molecule has 0 bridgehead atoms. The summed E-state index contributed by atoms with van der Waals surface area (Å²) in [5, 5.41) is 3.07. The Hall–Kier alpha value is -2.19. The van der Waals surface area contributed by atoms with Crippen LogP contribution in [0.2, 0.25) is 0 Å². The fraction of sp³-hybridized carbons (Fsp3) is 0.412. The van der Waals surface area contributed by atoms with Crippen molar-refractivity contribution in [3.63, 3.8) is 0 Å². The average Bonchev–Trinajstić information content (AvgIpc) is 3.09. The van der Waals surface area contributed by atoms with E-state index >= 15 is 0 Å². The van der Waals surface area contributed by atoms with Crippen molar-refractivity contribution in [2.75, 3.05) is 18.4 Å². The first-order valence-electron chi connectivity index (χ1n) is 8.27. The van der Waals surface area contributed by atoms with Crippen LogP contribution in [0.25, 0.3) is 0 Å². The Morgan fingerprint density at radius 2 is 1.96 bits per heavy atom. The summed E-state index contributed by atoms with van der Waals surface area (Å²) < 4.78 is 26.4. The number of anilines is 1. The van der Waals surface area contributed by atoms with Gasteiger partial charge in [-0.1, -0.05) is 0 Å². The van der Waals surface area contributed by atoms with Gasteiger partial charge in [0.05, 0.1) is 0 Å². The highest BCUT2D eigenvalue weighted by Crippen LogP contribution is 2.21. The number of nitrogens with zero attached hydrogens (tertiary/aromatic N) is 2. The number of sulfonamides is 1. The summed E-state index contributed by atoms with van der Waals surface area (Å²) in [7, 11) is -3.45. The van der Waals surface area contributed by atoms with Gasteiger partial charge in [-0.3, -0.25) is 4.79 Å². The van der Waals surface area contributed by atoms with Crippen molar-refractivity contribution in [1.29, 1.82) is 0 Å². The summed E-state index contributed by atoms with van der Waals surface area (Å²) in [6.45, 7) is 5.19. The summed E-state index contributed by atoms with van der Waals surface area (Å²) in [5.74, 6) is 0.528. The highest BCUT2D eigenvalue weighted by atomic mass is 32.2. The van der Waals surface area contributed by atoms with Crippen LogP contribution in [0.4, 0.5) is 5.82 Å². The maximum Gasteiger partial charge on any atom is 0.253 e. The summed E-state index contributed by atoms with van der Waals surface area (Å²) >= 11 is 0. The zero-order valence-corrected chi connectivity index (χ0v) is 15.2. The molecule has 0 aromatic carbocycles. The molecule has 1 aliphatic heterocycles. The summed E-state index contributed by atoms with van der Waals surface area (Å²) in [6, 6.07) is 5.09. The second kappa shape index (κ2) is 6.97. The van der Waals surface area contributed by atoms with Gasteiger partial charge in [0.15, 0.2) is 0 Å². The number of nitrogens with one attached hydrogen (secondary N) is 2. The normalized spacial score (nSPS) is 15.4. The number of hydrogen-bond donors (Lipinski definition) is 2. The smallest absolute Gasteiger partial charge is 0.253 e.